The third kappa shape index (κ3) is 4.87. The van der Waals surface area contributed by atoms with Gasteiger partial charge in [0.25, 0.3) is 5.91 Å². The maximum absolute atomic E-state index is 12.0. The highest BCUT2D eigenvalue weighted by atomic mass is 35.5. The largest absolute Gasteiger partial charge is 0.490 e. The normalized spacial score (nSPS) is 9.60. The smallest absolute Gasteiger partial charge is 0.262 e. The molecule has 0 spiro atoms. The van der Waals surface area contributed by atoms with Crippen LogP contribution in [0.3, 0.4) is 0 Å². The fraction of sp³-hybridized carbons (Fsp3) is 0.167. The van der Waals surface area contributed by atoms with Crippen LogP contribution in [0, 0.1) is 22.7 Å². The quantitative estimate of drug-likeness (QED) is 0.855. The summed E-state index contributed by atoms with van der Waals surface area (Å²) >= 11 is 5.92. The Bertz CT molecular complexity index is 869. The van der Waals surface area contributed by atoms with Crippen LogP contribution < -0.4 is 14.8 Å². The fourth-order valence-corrected chi connectivity index (χ4v) is 2.21. The zero-order valence-corrected chi connectivity index (χ0v) is 14.1. The van der Waals surface area contributed by atoms with E-state index < -0.39 is 5.91 Å². The number of nitriles is 2. The highest BCUT2D eigenvalue weighted by Gasteiger charge is 2.10. The highest BCUT2D eigenvalue weighted by molar-refractivity contribution is 6.32. The molecule has 0 aromatic heterocycles. The average molecular weight is 356 g/mol. The second kappa shape index (κ2) is 8.58. The number of hydrogen-bond acceptors (Lipinski definition) is 5. The van der Waals surface area contributed by atoms with Crippen LogP contribution in [0.2, 0.25) is 5.02 Å². The van der Waals surface area contributed by atoms with Crippen LogP contribution in [-0.2, 0) is 4.79 Å². The summed E-state index contributed by atoms with van der Waals surface area (Å²) in [6, 6.07) is 13.3. The fourth-order valence-electron chi connectivity index (χ4n) is 1.99. The number of anilines is 1. The van der Waals surface area contributed by atoms with Gasteiger partial charge in [-0.25, -0.2) is 0 Å². The van der Waals surface area contributed by atoms with Gasteiger partial charge in [-0.1, -0.05) is 11.6 Å². The Balaban J connectivity index is 2.01. The minimum atomic E-state index is -0.396. The molecule has 6 nitrogen and oxygen atoms in total. The van der Waals surface area contributed by atoms with Crippen molar-refractivity contribution < 1.29 is 14.3 Å². The summed E-state index contributed by atoms with van der Waals surface area (Å²) < 4.78 is 10.9. The van der Waals surface area contributed by atoms with Gasteiger partial charge in [0.1, 0.15) is 6.07 Å². The Hall–Kier alpha value is -3.22. The minimum absolute atomic E-state index is 0.246. The first-order chi connectivity index (χ1) is 12.1. The lowest BCUT2D eigenvalue weighted by Crippen LogP contribution is -2.20. The molecule has 0 atom stereocenters. The number of nitrogens with zero attached hydrogens (tertiary/aromatic N) is 2. The first-order valence-corrected chi connectivity index (χ1v) is 7.74. The minimum Gasteiger partial charge on any atom is -0.490 e. The topological polar surface area (TPSA) is 95.1 Å². The Morgan fingerprint density at radius 1 is 1.12 bits per heavy atom. The molecule has 126 valence electrons. The third-order valence-electron chi connectivity index (χ3n) is 3.10. The van der Waals surface area contributed by atoms with Gasteiger partial charge < -0.3 is 14.8 Å². The number of hydrogen-bond donors (Lipinski definition) is 1. The molecular weight excluding hydrogens is 342 g/mol. The summed E-state index contributed by atoms with van der Waals surface area (Å²) in [4.78, 5) is 12.0. The molecule has 2 aromatic rings. The van der Waals surface area contributed by atoms with Crippen molar-refractivity contribution in [3.05, 3.63) is 52.5 Å². The Kier molecular flexibility index (Phi) is 6.22. The molecule has 1 amide bonds. The number of amides is 1. The molecular formula is C18H14ClN3O3. The molecule has 7 heteroatoms. The second-order valence-electron chi connectivity index (χ2n) is 4.85. The van der Waals surface area contributed by atoms with Gasteiger partial charge in [0.05, 0.1) is 28.8 Å². The van der Waals surface area contributed by atoms with Crippen molar-refractivity contribution in [2.45, 2.75) is 6.92 Å². The van der Waals surface area contributed by atoms with E-state index >= 15 is 0 Å². The second-order valence-corrected chi connectivity index (χ2v) is 5.26. The van der Waals surface area contributed by atoms with Gasteiger partial charge in [-0.05, 0) is 37.3 Å². The van der Waals surface area contributed by atoms with Crippen LogP contribution in [0.1, 0.15) is 18.1 Å². The predicted molar refractivity (Wildman–Crippen MR) is 92.6 cm³/mol. The van der Waals surface area contributed by atoms with Gasteiger partial charge in [0.15, 0.2) is 18.1 Å². The summed E-state index contributed by atoms with van der Waals surface area (Å²) in [5.74, 6) is 0.372. The van der Waals surface area contributed by atoms with Crippen molar-refractivity contribution >= 4 is 23.2 Å². The predicted octanol–water partition coefficient (Wildman–Crippen LogP) is 3.50. The van der Waals surface area contributed by atoms with E-state index in [1.165, 1.54) is 12.1 Å². The standard InChI is InChI=1S/C18H14ClN3O3/c1-2-24-17-7-12(9-20)3-6-16(17)25-11-18(23)22-14-5-4-13(10-21)15(19)8-14/h3-8H,2,11H2,1H3,(H,22,23). The number of benzene rings is 2. The molecule has 0 aliphatic rings. The van der Waals surface area contributed by atoms with Crippen LogP contribution in [0.15, 0.2) is 36.4 Å². The lowest BCUT2D eigenvalue weighted by molar-refractivity contribution is -0.118. The van der Waals surface area contributed by atoms with E-state index in [0.29, 0.717) is 34.9 Å². The lowest BCUT2D eigenvalue weighted by Gasteiger charge is -2.12. The summed E-state index contributed by atoms with van der Waals surface area (Å²) in [5, 5.41) is 20.6. The van der Waals surface area contributed by atoms with Crippen molar-refractivity contribution in [3.63, 3.8) is 0 Å². The summed E-state index contributed by atoms with van der Waals surface area (Å²) in [7, 11) is 0. The van der Waals surface area contributed by atoms with Crippen molar-refractivity contribution in [3.8, 4) is 23.6 Å². The molecule has 0 saturated carbocycles. The van der Waals surface area contributed by atoms with Gasteiger partial charge in [-0.15, -0.1) is 0 Å². The van der Waals surface area contributed by atoms with E-state index in [1.807, 2.05) is 19.1 Å². The average Bonchev–Trinajstić information content (AvgIpc) is 2.61. The molecule has 25 heavy (non-hydrogen) atoms. The first kappa shape index (κ1) is 18.1. The number of halogens is 1. The van der Waals surface area contributed by atoms with Gasteiger partial charge in [0.2, 0.25) is 0 Å². The summed E-state index contributed by atoms with van der Waals surface area (Å²) in [6.45, 7) is 1.97. The van der Waals surface area contributed by atoms with Crippen LogP contribution in [-0.4, -0.2) is 19.1 Å². The van der Waals surface area contributed by atoms with Gasteiger partial charge in [-0.3, -0.25) is 4.79 Å². The van der Waals surface area contributed by atoms with Gasteiger partial charge >= 0.3 is 0 Å². The SMILES string of the molecule is CCOc1cc(C#N)ccc1OCC(=O)Nc1ccc(C#N)c(Cl)c1. The Labute approximate surface area is 150 Å². The van der Waals surface area contributed by atoms with Gasteiger partial charge in [-0.2, -0.15) is 10.5 Å². The third-order valence-corrected chi connectivity index (χ3v) is 3.42. The zero-order valence-electron chi connectivity index (χ0n) is 13.4. The maximum Gasteiger partial charge on any atom is 0.262 e. The number of nitrogens with one attached hydrogen (secondary N) is 1. The molecule has 2 aromatic carbocycles. The van der Waals surface area contributed by atoms with Crippen LogP contribution in [0.25, 0.3) is 0 Å². The molecule has 2 rings (SSSR count). The van der Waals surface area contributed by atoms with Crippen LogP contribution >= 0.6 is 11.6 Å². The van der Waals surface area contributed by atoms with Crippen molar-refractivity contribution in [2.24, 2.45) is 0 Å². The molecule has 0 aliphatic carbocycles. The first-order valence-electron chi connectivity index (χ1n) is 7.36. The molecule has 0 bridgehead atoms. The maximum atomic E-state index is 12.0. The van der Waals surface area contributed by atoms with Crippen molar-refractivity contribution in [2.75, 3.05) is 18.5 Å². The lowest BCUT2D eigenvalue weighted by atomic mass is 10.2. The molecule has 0 radical (unpaired) electrons. The molecule has 0 heterocycles. The highest BCUT2D eigenvalue weighted by Crippen LogP contribution is 2.28. The Morgan fingerprint density at radius 3 is 2.56 bits per heavy atom. The van der Waals surface area contributed by atoms with Crippen LogP contribution in [0.5, 0.6) is 11.5 Å². The van der Waals surface area contributed by atoms with Gasteiger partial charge in [0, 0.05) is 11.8 Å². The molecule has 0 aliphatic heterocycles. The number of ether oxygens (including phenoxy) is 2. The number of rotatable bonds is 6. The molecule has 0 saturated heterocycles. The molecule has 0 unspecified atom stereocenters. The van der Waals surface area contributed by atoms with Crippen molar-refractivity contribution in [1.82, 2.24) is 0 Å². The van der Waals surface area contributed by atoms with E-state index in [1.54, 1.807) is 24.3 Å². The summed E-state index contributed by atoms with van der Waals surface area (Å²) in [6.07, 6.45) is 0. The van der Waals surface area contributed by atoms with E-state index in [2.05, 4.69) is 5.32 Å². The molecule has 0 fully saturated rings. The summed E-state index contributed by atoms with van der Waals surface area (Å²) in [5.41, 5.74) is 1.23. The van der Waals surface area contributed by atoms with Crippen LogP contribution in [0.4, 0.5) is 5.69 Å². The van der Waals surface area contributed by atoms with E-state index in [0.717, 1.165) is 0 Å². The van der Waals surface area contributed by atoms with E-state index in [-0.39, 0.29) is 11.6 Å². The van der Waals surface area contributed by atoms with E-state index in [4.69, 9.17) is 31.6 Å². The van der Waals surface area contributed by atoms with E-state index in [9.17, 15) is 4.79 Å². The monoisotopic (exact) mass is 355 g/mol. The zero-order chi connectivity index (χ0) is 18.2. The molecule has 1 N–H and O–H groups in total. The number of carbonyl (C=O) groups excluding carboxylic acids is 1. The van der Waals surface area contributed by atoms with Crippen molar-refractivity contribution in [1.29, 1.82) is 10.5 Å². The Morgan fingerprint density at radius 2 is 1.92 bits per heavy atom. The number of carbonyl (C=O) groups is 1.